The Morgan fingerprint density at radius 3 is 2.71 bits per heavy atom. The number of nitrogens with one attached hydrogen (secondary N) is 1. The molecule has 0 aromatic carbocycles. The fourth-order valence-corrected chi connectivity index (χ4v) is 1.41. The highest BCUT2D eigenvalue weighted by Gasteiger charge is 2.23. The topological polar surface area (TPSA) is 71.5 Å². The predicted octanol–water partition coefficient (Wildman–Crippen LogP) is 0.583. The summed E-state index contributed by atoms with van der Waals surface area (Å²) in [5.41, 5.74) is 7.33. The molecule has 0 aliphatic rings. The Kier molecular flexibility index (Phi) is 1.70. The Bertz CT molecular complexity index is 465. The number of hydrogen-bond donors (Lipinski definition) is 2. The van der Waals surface area contributed by atoms with Gasteiger partial charge in [-0.15, -0.1) is 0 Å². The molecule has 2 aromatic heterocycles. The Morgan fingerprint density at radius 1 is 1.36 bits per heavy atom. The SMILES string of the molecule is CC(C)(C)[n+]1c[nH]c2c(N)ncnc21. The molecule has 0 saturated heterocycles. The van der Waals surface area contributed by atoms with Gasteiger partial charge in [0.15, 0.2) is 18.5 Å². The molecular formula is C9H14N5+. The van der Waals surface area contributed by atoms with Crippen LogP contribution in [0.15, 0.2) is 12.7 Å². The van der Waals surface area contributed by atoms with Crippen molar-refractivity contribution in [2.45, 2.75) is 26.3 Å². The summed E-state index contributed by atoms with van der Waals surface area (Å²) in [5.74, 6) is 0.484. The van der Waals surface area contributed by atoms with E-state index in [9.17, 15) is 0 Å². The third-order valence-corrected chi connectivity index (χ3v) is 2.15. The fourth-order valence-electron chi connectivity index (χ4n) is 1.41. The Morgan fingerprint density at radius 2 is 2.07 bits per heavy atom. The molecule has 0 bridgehead atoms. The van der Waals surface area contributed by atoms with Gasteiger partial charge in [-0.05, 0) is 20.8 Å². The molecule has 2 heterocycles. The second-order valence-electron chi connectivity index (χ2n) is 4.27. The summed E-state index contributed by atoms with van der Waals surface area (Å²) in [7, 11) is 0. The first-order chi connectivity index (χ1) is 6.50. The maximum absolute atomic E-state index is 5.72. The molecule has 0 fully saturated rings. The van der Waals surface area contributed by atoms with Gasteiger partial charge in [0, 0.05) is 0 Å². The third kappa shape index (κ3) is 1.21. The van der Waals surface area contributed by atoms with Crippen LogP contribution in [0.1, 0.15) is 20.8 Å². The lowest BCUT2D eigenvalue weighted by Crippen LogP contribution is -2.49. The van der Waals surface area contributed by atoms with Gasteiger partial charge in [0.1, 0.15) is 0 Å². The number of anilines is 1. The Balaban J connectivity index is 2.76. The zero-order valence-corrected chi connectivity index (χ0v) is 8.57. The number of nitrogens with zero attached hydrogens (tertiary/aromatic N) is 3. The van der Waals surface area contributed by atoms with E-state index < -0.39 is 0 Å². The molecule has 74 valence electrons. The largest absolute Gasteiger partial charge is 0.380 e. The van der Waals surface area contributed by atoms with Crippen LogP contribution >= 0.6 is 0 Å². The van der Waals surface area contributed by atoms with E-state index in [1.165, 1.54) is 6.33 Å². The molecule has 0 aliphatic heterocycles. The van der Waals surface area contributed by atoms with Crippen LogP contribution in [0.2, 0.25) is 0 Å². The van der Waals surface area contributed by atoms with Crippen molar-refractivity contribution in [2.75, 3.05) is 5.73 Å². The smallest absolute Gasteiger partial charge is 0.307 e. The minimum Gasteiger partial charge on any atom is -0.380 e. The first-order valence-electron chi connectivity index (χ1n) is 4.50. The number of nitrogen functional groups attached to an aromatic ring is 1. The number of fused-ring (bicyclic) bond motifs is 1. The number of hydrogen-bond acceptors (Lipinski definition) is 3. The van der Waals surface area contributed by atoms with Crippen LogP contribution < -0.4 is 10.3 Å². The van der Waals surface area contributed by atoms with Crippen molar-refractivity contribution < 1.29 is 4.57 Å². The van der Waals surface area contributed by atoms with Gasteiger partial charge in [-0.25, -0.2) is 4.57 Å². The first-order valence-corrected chi connectivity index (χ1v) is 4.50. The van der Waals surface area contributed by atoms with Crippen molar-refractivity contribution >= 4 is 17.0 Å². The maximum Gasteiger partial charge on any atom is 0.307 e. The average molecular weight is 192 g/mol. The molecule has 5 nitrogen and oxygen atoms in total. The van der Waals surface area contributed by atoms with Crippen LogP contribution in [0.4, 0.5) is 5.82 Å². The molecule has 0 saturated carbocycles. The second kappa shape index (κ2) is 2.67. The van der Waals surface area contributed by atoms with E-state index in [0.717, 1.165) is 11.2 Å². The van der Waals surface area contributed by atoms with Crippen molar-refractivity contribution in [3.63, 3.8) is 0 Å². The van der Waals surface area contributed by atoms with E-state index in [1.54, 1.807) is 0 Å². The summed E-state index contributed by atoms with van der Waals surface area (Å²) >= 11 is 0. The van der Waals surface area contributed by atoms with E-state index in [0.29, 0.717) is 5.82 Å². The standard InChI is InChI=1S/C9H13N5/c1-9(2,3)14-5-13-6-7(10)11-4-12-8(6)14/h4-5H,1-3H3,(H2,10,11,12)/p+1. The summed E-state index contributed by atoms with van der Waals surface area (Å²) in [6.07, 6.45) is 3.35. The number of H-pyrrole nitrogens is 1. The summed E-state index contributed by atoms with van der Waals surface area (Å²) in [6, 6.07) is 0. The lowest BCUT2D eigenvalue weighted by molar-refractivity contribution is -0.732. The highest BCUT2D eigenvalue weighted by molar-refractivity contribution is 5.77. The van der Waals surface area contributed by atoms with Crippen LogP contribution in [-0.2, 0) is 5.54 Å². The van der Waals surface area contributed by atoms with Gasteiger partial charge >= 0.3 is 5.65 Å². The molecule has 0 atom stereocenters. The minimum atomic E-state index is -0.0148. The molecule has 0 unspecified atom stereocenters. The van der Waals surface area contributed by atoms with E-state index >= 15 is 0 Å². The van der Waals surface area contributed by atoms with Crippen LogP contribution in [0.25, 0.3) is 11.2 Å². The minimum absolute atomic E-state index is 0.0148. The maximum atomic E-state index is 5.72. The summed E-state index contributed by atoms with van der Waals surface area (Å²) in [5, 5.41) is 0. The second-order valence-corrected chi connectivity index (χ2v) is 4.27. The van der Waals surface area contributed by atoms with Gasteiger partial charge in [0.2, 0.25) is 5.52 Å². The zero-order valence-electron chi connectivity index (χ0n) is 8.57. The number of rotatable bonds is 0. The fraction of sp³-hybridized carbons (Fsp3) is 0.444. The molecule has 2 aromatic rings. The van der Waals surface area contributed by atoms with Crippen LogP contribution in [0.3, 0.4) is 0 Å². The molecule has 14 heavy (non-hydrogen) atoms. The molecule has 5 heteroatoms. The molecule has 0 amide bonds. The van der Waals surface area contributed by atoms with E-state index in [2.05, 4.69) is 35.7 Å². The lowest BCUT2D eigenvalue weighted by Gasteiger charge is -2.15. The van der Waals surface area contributed by atoms with E-state index in [-0.39, 0.29) is 5.54 Å². The van der Waals surface area contributed by atoms with Gasteiger partial charge in [-0.1, -0.05) is 4.98 Å². The predicted molar refractivity (Wildman–Crippen MR) is 53.5 cm³/mol. The van der Waals surface area contributed by atoms with E-state index in [1.807, 2.05) is 10.9 Å². The van der Waals surface area contributed by atoms with Crippen molar-refractivity contribution in [3.05, 3.63) is 12.7 Å². The van der Waals surface area contributed by atoms with Crippen molar-refractivity contribution in [3.8, 4) is 0 Å². The van der Waals surface area contributed by atoms with Gasteiger partial charge in [0.05, 0.1) is 5.54 Å². The van der Waals surface area contributed by atoms with Crippen LogP contribution in [-0.4, -0.2) is 15.0 Å². The van der Waals surface area contributed by atoms with Crippen molar-refractivity contribution in [1.82, 2.24) is 15.0 Å². The highest BCUT2D eigenvalue weighted by Crippen LogP contribution is 2.13. The van der Waals surface area contributed by atoms with Gasteiger partial charge in [0.25, 0.3) is 0 Å². The number of imidazole rings is 1. The van der Waals surface area contributed by atoms with Crippen LogP contribution in [0.5, 0.6) is 0 Å². The van der Waals surface area contributed by atoms with Crippen molar-refractivity contribution in [1.29, 1.82) is 0 Å². The quantitative estimate of drug-likeness (QED) is 0.600. The highest BCUT2D eigenvalue weighted by atomic mass is 15.2. The van der Waals surface area contributed by atoms with Crippen LogP contribution in [0, 0.1) is 0 Å². The number of aromatic amines is 1. The lowest BCUT2D eigenvalue weighted by atomic mass is 10.1. The number of nitrogens with two attached hydrogens (primary N) is 1. The van der Waals surface area contributed by atoms with Gasteiger partial charge in [-0.3, -0.25) is 4.98 Å². The normalized spacial score (nSPS) is 12.2. The third-order valence-electron chi connectivity index (χ3n) is 2.15. The summed E-state index contributed by atoms with van der Waals surface area (Å²) in [6.45, 7) is 6.33. The zero-order chi connectivity index (χ0) is 10.3. The molecule has 0 radical (unpaired) electrons. The summed E-state index contributed by atoms with van der Waals surface area (Å²) < 4.78 is 2.04. The Hall–Kier alpha value is -1.65. The Labute approximate surface area is 82.0 Å². The van der Waals surface area contributed by atoms with E-state index in [4.69, 9.17) is 5.73 Å². The monoisotopic (exact) mass is 192 g/mol. The molecule has 3 N–H and O–H groups in total. The summed E-state index contributed by atoms with van der Waals surface area (Å²) in [4.78, 5) is 11.2. The van der Waals surface area contributed by atoms with Gasteiger partial charge in [-0.2, -0.15) is 4.98 Å². The number of aromatic nitrogens is 4. The molecular weight excluding hydrogens is 178 g/mol. The molecule has 2 rings (SSSR count). The first kappa shape index (κ1) is 8.93. The average Bonchev–Trinajstić information content (AvgIpc) is 2.47. The molecule has 0 aliphatic carbocycles. The van der Waals surface area contributed by atoms with Gasteiger partial charge < -0.3 is 5.73 Å². The molecule has 0 spiro atoms. The van der Waals surface area contributed by atoms with Crippen molar-refractivity contribution in [2.24, 2.45) is 0 Å².